The lowest BCUT2D eigenvalue weighted by Gasteiger charge is -2.08. The van der Waals surface area contributed by atoms with Crippen LogP contribution in [0, 0.1) is 14.9 Å². The third-order valence-electron chi connectivity index (χ3n) is 3.25. The average Bonchev–Trinajstić information content (AvgIpc) is 2.60. The third-order valence-corrected chi connectivity index (χ3v) is 4.10. The number of benzene rings is 2. The van der Waals surface area contributed by atoms with Crippen molar-refractivity contribution in [2.45, 2.75) is 6.92 Å². The van der Waals surface area contributed by atoms with Crippen LogP contribution in [0.2, 0.25) is 0 Å². The predicted molar refractivity (Wildman–Crippen MR) is 106 cm³/mol. The number of amides is 1. The minimum absolute atomic E-state index is 0.0165. The molecule has 2 aromatic carbocycles. The monoisotopic (exact) mass is 448 g/mol. The molecule has 0 saturated heterocycles. The van der Waals surface area contributed by atoms with Crippen molar-refractivity contribution < 1.29 is 14.3 Å². The number of carbonyl (C=O) groups excluding carboxylic acids is 1. The Labute approximate surface area is 160 Å². The summed E-state index contributed by atoms with van der Waals surface area (Å²) in [5.74, 6) is 0.933. The van der Waals surface area contributed by atoms with E-state index in [0.29, 0.717) is 18.0 Å². The number of nitriles is 1. The minimum Gasteiger partial charge on any atom is -0.496 e. The molecular formula is C19H17IN2O3. The molecule has 128 valence electrons. The second-order valence-electron chi connectivity index (χ2n) is 4.98. The lowest BCUT2D eigenvalue weighted by Crippen LogP contribution is -2.13. The molecule has 0 aromatic heterocycles. The zero-order valence-corrected chi connectivity index (χ0v) is 16.0. The number of hydrogen-bond acceptors (Lipinski definition) is 4. The maximum atomic E-state index is 12.4. The average molecular weight is 448 g/mol. The molecule has 1 N–H and O–H groups in total. The van der Waals surface area contributed by atoms with Crippen LogP contribution in [0.3, 0.4) is 0 Å². The van der Waals surface area contributed by atoms with Gasteiger partial charge in [-0.05, 0) is 65.4 Å². The molecule has 0 aliphatic carbocycles. The molecule has 1 amide bonds. The molecule has 0 atom stereocenters. The number of rotatable bonds is 6. The number of nitrogens with zero attached hydrogens (tertiary/aromatic N) is 1. The van der Waals surface area contributed by atoms with E-state index in [2.05, 4.69) is 27.9 Å². The Morgan fingerprint density at radius 3 is 2.76 bits per heavy atom. The van der Waals surface area contributed by atoms with Gasteiger partial charge in [0.25, 0.3) is 5.91 Å². The van der Waals surface area contributed by atoms with Crippen LogP contribution < -0.4 is 14.8 Å². The van der Waals surface area contributed by atoms with Gasteiger partial charge >= 0.3 is 0 Å². The van der Waals surface area contributed by atoms with E-state index in [1.54, 1.807) is 49.6 Å². The van der Waals surface area contributed by atoms with E-state index in [1.807, 2.05) is 19.1 Å². The van der Waals surface area contributed by atoms with Crippen LogP contribution >= 0.6 is 22.6 Å². The van der Waals surface area contributed by atoms with Gasteiger partial charge in [-0.15, -0.1) is 0 Å². The Bertz CT molecular complexity index is 841. The summed E-state index contributed by atoms with van der Waals surface area (Å²) in [6, 6.07) is 14.4. The molecule has 0 saturated carbocycles. The summed E-state index contributed by atoms with van der Waals surface area (Å²) < 4.78 is 11.5. The van der Waals surface area contributed by atoms with Crippen molar-refractivity contribution in [3.63, 3.8) is 0 Å². The SMILES string of the molecule is CCOc1cccc(NC(=O)/C(C#N)=C/c2ccc(OC)c(I)c2)c1. The van der Waals surface area contributed by atoms with Crippen LogP contribution in [0.15, 0.2) is 48.0 Å². The summed E-state index contributed by atoms with van der Waals surface area (Å²) in [5, 5.41) is 12.0. The van der Waals surface area contributed by atoms with Crippen LogP contribution in [0.5, 0.6) is 11.5 Å². The normalized spacial score (nSPS) is 10.7. The van der Waals surface area contributed by atoms with Crippen molar-refractivity contribution in [2.24, 2.45) is 0 Å². The van der Waals surface area contributed by atoms with Crippen molar-refractivity contribution >= 4 is 40.3 Å². The van der Waals surface area contributed by atoms with Crippen molar-refractivity contribution in [2.75, 3.05) is 19.0 Å². The molecule has 0 aliphatic heterocycles. The van der Waals surface area contributed by atoms with E-state index in [0.717, 1.165) is 14.9 Å². The highest BCUT2D eigenvalue weighted by Gasteiger charge is 2.11. The highest BCUT2D eigenvalue weighted by molar-refractivity contribution is 14.1. The second-order valence-corrected chi connectivity index (χ2v) is 6.14. The molecule has 2 aromatic rings. The molecule has 2 rings (SSSR count). The van der Waals surface area contributed by atoms with Gasteiger partial charge in [0, 0.05) is 11.8 Å². The Balaban J connectivity index is 2.19. The molecule has 0 bridgehead atoms. The molecule has 0 radical (unpaired) electrons. The predicted octanol–water partition coefficient (Wildman–Crippen LogP) is 4.24. The zero-order chi connectivity index (χ0) is 18.2. The first kappa shape index (κ1) is 18.8. The van der Waals surface area contributed by atoms with E-state index in [-0.39, 0.29) is 5.57 Å². The van der Waals surface area contributed by atoms with Crippen LogP contribution in [0.1, 0.15) is 12.5 Å². The molecule has 0 spiro atoms. The van der Waals surface area contributed by atoms with Crippen LogP contribution in [-0.4, -0.2) is 19.6 Å². The van der Waals surface area contributed by atoms with E-state index in [4.69, 9.17) is 9.47 Å². The van der Waals surface area contributed by atoms with Gasteiger partial charge in [-0.3, -0.25) is 4.79 Å². The van der Waals surface area contributed by atoms with Gasteiger partial charge in [-0.25, -0.2) is 0 Å². The summed E-state index contributed by atoms with van der Waals surface area (Å²) in [6.07, 6.45) is 1.54. The van der Waals surface area contributed by atoms with Crippen LogP contribution in [-0.2, 0) is 4.79 Å². The van der Waals surface area contributed by atoms with Crippen LogP contribution in [0.25, 0.3) is 6.08 Å². The second kappa shape index (κ2) is 9.08. The Kier molecular flexibility index (Phi) is 6.83. The lowest BCUT2D eigenvalue weighted by molar-refractivity contribution is -0.112. The fraction of sp³-hybridized carbons (Fsp3) is 0.158. The number of ether oxygens (including phenoxy) is 2. The molecule has 25 heavy (non-hydrogen) atoms. The number of methoxy groups -OCH3 is 1. The quantitative estimate of drug-likeness (QED) is 0.408. The highest BCUT2D eigenvalue weighted by Crippen LogP contribution is 2.23. The molecule has 0 unspecified atom stereocenters. The van der Waals surface area contributed by atoms with Gasteiger partial charge in [0.15, 0.2) is 0 Å². The smallest absolute Gasteiger partial charge is 0.266 e. The first-order valence-corrected chi connectivity index (χ1v) is 8.64. The Morgan fingerprint density at radius 2 is 2.12 bits per heavy atom. The summed E-state index contributed by atoms with van der Waals surface area (Å²) in [7, 11) is 1.59. The number of carbonyl (C=O) groups is 1. The molecule has 5 nitrogen and oxygen atoms in total. The van der Waals surface area contributed by atoms with Crippen molar-refractivity contribution in [1.29, 1.82) is 5.26 Å². The van der Waals surface area contributed by atoms with Crippen molar-refractivity contribution in [1.82, 2.24) is 0 Å². The van der Waals surface area contributed by atoms with E-state index >= 15 is 0 Å². The van der Waals surface area contributed by atoms with Gasteiger partial charge in [-0.1, -0.05) is 12.1 Å². The summed E-state index contributed by atoms with van der Waals surface area (Å²) in [5.41, 5.74) is 1.34. The number of hydrogen-bond donors (Lipinski definition) is 1. The van der Waals surface area contributed by atoms with Crippen molar-refractivity contribution in [3.8, 4) is 17.6 Å². The topological polar surface area (TPSA) is 71.3 Å². The fourth-order valence-corrected chi connectivity index (χ4v) is 2.88. The molecule has 0 heterocycles. The molecule has 0 fully saturated rings. The van der Waals surface area contributed by atoms with Crippen LogP contribution in [0.4, 0.5) is 5.69 Å². The van der Waals surface area contributed by atoms with Gasteiger partial charge in [0.1, 0.15) is 23.1 Å². The zero-order valence-electron chi connectivity index (χ0n) is 13.9. The maximum absolute atomic E-state index is 12.4. The standard InChI is InChI=1S/C19H17IN2O3/c1-3-25-16-6-4-5-15(11-16)22-19(23)14(12-21)9-13-7-8-18(24-2)17(20)10-13/h4-11H,3H2,1-2H3,(H,22,23)/b14-9+. The van der Waals surface area contributed by atoms with E-state index in [9.17, 15) is 10.1 Å². The largest absolute Gasteiger partial charge is 0.496 e. The highest BCUT2D eigenvalue weighted by atomic mass is 127. The van der Waals surface area contributed by atoms with Gasteiger partial charge in [0.05, 0.1) is 17.3 Å². The first-order valence-electron chi connectivity index (χ1n) is 7.57. The summed E-state index contributed by atoms with van der Waals surface area (Å²) in [4.78, 5) is 12.4. The van der Waals surface area contributed by atoms with Gasteiger partial charge in [0.2, 0.25) is 0 Å². The molecular weight excluding hydrogens is 431 g/mol. The maximum Gasteiger partial charge on any atom is 0.266 e. The summed E-state index contributed by atoms with van der Waals surface area (Å²) in [6.45, 7) is 2.43. The van der Waals surface area contributed by atoms with E-state index < -0.39 is 5.91 Å². The Morgan fingerprint density at radius 1 is 1.32 bits per heavy atom. The van der Waals surface area contributed by atoms with Gasteiger partial charge < -0.3 is 14.8 Å². The number of anilines is 1. The summed E-state index contributed by atoms with van der Waals surface area (Å²) >= 11 is 2.14. The molecule has 0 aliphatic rings. The van der Waals surface area contributed by atoms with Gasteiger partial charge in [-0.2, -0.15) is 5.26 Å². The Hall–Kier alpha value is -2.53. The fourth-order valence-electron chi connectivity index (χ4n) is 2.12. The molecule has 6 heteroatoms. The van der Waals surface area contributed by atoms with Crippen molar-refractivity contribution in [3.05, 3.63) is 57.2 Å². The lowest BCUT2D eigenvalue weighted by atomic mass is 10.1. The number of nitrogens with one attached hydrogen (secondary N) is 1. The van der Waals surface area contributed by atoms with E-state index in [1.165, 1.54) is 0 Å². The number of halogens is 1. The third kappa shape index (κ3) is 5.22. The first-order chi connectivity index (χ1) is 12.1. The minimum atomic E-state index is -0.470.